The van der Waals surface area contributed by atoms with Gasteiger partial charge in [0.1, 0.15) is 0 Å². The third kappa shape index (κ3) is 3.37. The molecular weight excluding hydrogens is 272 g/mol. The van der Waals surface area contributed by atoms with Gasteiger partial charge in [0.05, 0.1) is 6.54 Å². The van der Waals surface area contributed by atoms with Crippen LogP contribution < -0.4 is 10.2 Å². The predicted octanol–water partition coefficient (Wildman–Crippen LogP) is 2.80. The van der Waals surface area contributed by atoms with Gasteiger partial charge in [0.15, 0.2) is 0 Å². The van der Waals surface area contributed by atoms with E-state index in [9.17, 15) is 0 Å². The normalized spacial score (nSPS) is 14.9. The van der Waals surface area contributed by atoms with E-state index in [1.165, 1.54) is 18.4 Å². The first-order valence-electron chi connectivity index (χ1n) is 7.06. The lowest BCUT2D eigenvalue weighted by Crippen LogP contribution is -2.25. The molecule has 1 aliphatic rings. The van der Waals surface area contributed by atoms with E-state index in [1.54, 1.807) is 11.3 Å². The minimum absolute atomic E-state index is 0.413. The molecule has 1 aliphatic carbocycles. The largest absolute Gasteiger partial charge is 0.407 e. The number of thiophene rings is 1. The highest BCUT2D eigenvalue weighted by atomic mass is 32.1. The first-order chi connectivity index (χ1) is 9.72. The molecule has 6 heteroatoms. The van der Waals surface area contributed by atoms with Gasteiger partial charge in [-0.3, -0.25) is 0 Å². The van der Waals surface area contributed by atoms with Crippen molar-refractivity contribution in [2.75, 3.05) is 4.90 Å². The average Bonchev–Trinajstić information content (AvgIpc) is 2.95. The van der Waals surface area contributed by atoms with E-state index in [0.29, 0.717) is 30.5 Å². The molecule has 0 aromatic carbocycles. The van der Waals surface area contributed by atoms with E-state index in [2.05, 4.69) is 51.1 Å². The highest BCUT2D eigenvalue weighted by Crippen LogP contribution is 2.32. The molecule has 2 heterocycles. The molecule has 3 rings (SSSR count). The van der Waals surface area contributed by atoms with E-state index in [-0.39, 0.29) is 0 Å². The maximum atomic E-state index is 5.79. The molecule has 1 N–H and O–H groups in total. The fourth-order valence-electron chi connectivity index (χ4n) is 2.04. The standard InChI is InChI=1S/C14H20N4OS/c1-10(2)15-7-13-16-17-14(19-13)18(12-3-4-12)8-11-5-6-20-9-11/h5-6,9-10,12,15H,3-4,7-8H2,1-2H3. The molecule has 0 unspecified atom stereocenters. The summed E-state index contributed by atoms with van der Waals surface area (Å²) >= 11 is 1.72. The predicted molar refractivity (Wildman–Crippen MR) is 79.8 cm³/mol. The van der Waals surface area contributed by atoms with Crippen molar-refractivity contribution >= 4 is 17.4 Å². The zero-order valence-electron chi connectivity index (χ0n) is 11.9. The van der Waals surface area contributed by atoms with Crippen molar-refractivity contribution in [2.45, 2.75) is 51.9 Å². The second-order valence-corrected chi connectivity index (χ2v) is 6.28. The van der Waals surface area contributed by atoms with Gasteiger partial charge in [0.2, 0.25) is 5.89 Å². The van der Waals surface area contributed by atoms with Crippen LogP contribution in [0.2, 0.25) is 0 Å². The Balaban J connectivity index is 1.68. The van der Waals surface area contributed by atoms with Gasteiger partial charge in [-0.25, -0.2) is 0 Å². The summed E-state index contributed by atoms with van der Waals surface area (Å²) in [7, 11) is 0. The summed E-state index contributed by atoms with van der Waals surface area (Å²) in [6.45, 7) is 5.68. The molecule has 5 nitrogen and oxygen atoms in total. The van der Waals surface area contributed by atoms with Crippen molar-refractivity contribution in [1.29, 1.82) is 0 Å². The Morgan fingerprint density at radius 3 is 2.95 bits per heavy atom. The van der Waals surface area contributed by atoms with Crippen LogP contribution in [-0.2, 0) is 13.1 Å². The van der Waals surface area contributed by atoms with E-state index in [4.69, 9.17) is 4.42 Å². The molecule has 108 valence electrons. The fraction of sp³-hybridized carbons (Fsp3) is 0.571. The molecule has 0 saturated heterocycles. The van der Waals surface area contributed by atoms with Gasteiger partial charge in [-0.05, 0) is 35.2 Å². The fourth-order valence-corrected chi connectivity index (χ4v) is 2.70. The van der Waals surface area contributed by atoms with Gasteiger partial charge >= 0.3 is 6.01 Å². The zero-order chi connectivity index (χ0) is 13.9. The molecule has 20 heavy (non-hydrogen) atoms. The van der Waals surface area contributed by atoms with Crippen LogP contribution >= 0.6 is 11.3 Å². The lowest BCUT2D eigenvalue weighted by Gasteiger charge is -2.18. The van der Waals surface area contributed by atoms with Crippen LogP contribution in [0.3, 0.4) is 0 Å². The van der Waals surface area contributed by atoms with Crippen LogP contribution in [0.5, 0.6) is 0 Å². The molecule has 0 spiro atoms. The third-order valence-electron chi connectivity index (χ3n) is 3.28. The van der Waals surface area contributed by atoms with E-state index < -0.39 is 0 Å². The van der Waals surface area contributed by atoms with E-state index in [1.807, 2.05) is 0 Å². The minimum atomic E-state index is 0.413. The molecule has 0 atom stereocenters. The summed E-state index contributed by atoms with van der Waals surface area (Å²) in [5.41, 5.74) is 1.31. The Hall–Kier alpha value is -1.40. The number of nitrogens with one attached hydrogen (secondary N) is 1. The van der Waals surface area contributed by atoms with Gasteiger partial charge in [0, 0.05) is 18.6 Å². The highest BCUT2D eigenvalue weighted by Gasteiger charge is 2.32. The molecular formula is C14H20N4OS. The number of hydrogen-bond donors (Lipinski definition) is 1. The van der Waals surface area contributed by atoms with Crippen molar-refractivity contribution < 1.29 is 4.42 Å². The molecule has 2 aromatic heterocycles. The molecule has 0 amide bonds. The van der Waals surface area contributed by atoms with Gasteiger partial charge in [-0.15, -0.1) is 5.10 Å². The van der Waals surface area contributed by atoms with Crippen LogP contribution in [0.4, 0.5) is 6.01 Å². The van der Waals surface area contributed by atoms with Gasteiger partial charge in [-0.1, -0.05) is 18.9 Å². The smallest absolute Gasteiger partial charge is 0.318 e. The molecule has 0 radical (unpaired) electrons. The van der Waals surface area contributed by atoms with Gasteiger partial charge in [0.25, 0.3) is 0 Å². The number of anilines is 1. The molecule has 1 fully saturated rings. The molecule has 0 bridgehead atoms. The Labute approximate surface area is 123 Å². The quantitative estimate of drug-likeness (QED) is 0.850. The van der Waals surface area contributed by atoms with Crippen LogP contribution in [0, 0.1) is 0 Å². The molecule has 2 aromatic rings. The lowest BCUT2D eigenvalue weighted by molar-refractivity contribution is 0.444. The van der Waals surface area contributed by atoms with Crippen LogP contribution in [0.25, 0.3) is 0 Å². The van der Waals surface area contributed by atoms with Crippen molar-refractivity contribution in [3.63, 3.8) is 0 Å². The second-order valence-electron chi connectivity index (χ2n) is 5.50. The summed E-state index contributed by atoms with van der Waals surface area (Å²) in [6, 6.07) is 3.77. The van der Waals surface area contributed by atoms with Crippen LogP contribution in [-0.4, -0.2) is 22.3 Å². The Morgan fingerprint density at radius 2 is 2.30 bits per heavy atom. The zero-order valence-corrected chi connectivity index (χ0v) is 12.7. The Bertz CT molecular complexity index is 533. The maximum Gasteiger partial charge on any atom is 0.318 e. The van der Waals surface area contributed by atoms with Gasteiger partial charge < -0.3 is 14.6 Å². The monoisotopic (exact) mass is 292 g/mol. The minimum Gasteiger partial charge on any atom is -0.407 e. The highest BCUT2D eigenvalue weighted by molar-refractivity contribution is 7.07. The van der Waals surface area contributed by atoms with Crippen LogP contribution in [0.15, 0.2) is 21.2 Å². The van der Waals surface area contributed by atoms with Crippen molar-refractivity contribution in [3.05, 3.63) is 28.3 Å². The lowest BCUT2D eigenvalue weighted by atomic mass is 10.3. The van der Waals surface area contributed by atoms with Gasteiger partial charge in [-0.2, -0.15) is 11.3 Å². The first kappa shape index (κ1) is 13.6. The molecule has 1 saturated carbocycles. The number of nitrogens with zero attached hydrogens (tertiary/aromatic N) is 3. The maximum absolute atomic E-state index is 5.79. The van der Waals surface area contributed by atoms with E-state index >= 15 is 0 Å². The average molecular weight is 292 g/mol. The summed E-state index contributed by atoms with van der Waals surface area (Å²) in [5.74, 6) is 0.657. The summed E-state index contributed by atoms with van der Waals surface area (Å²) in [4.78, 5) is 2.23. The topological polar surface area (TPSA) is 54.2 Å². The summed E-state index contributed by atoms with van der Waals surface area (Å²) in [6.07, 6.45) is 2.43. The number of aromatic nitrogens is 2. The third-order valence-corrected chi connectivity index (χ3v) is 4.02. The SMILES string of the molecule is CC(C)NCc1nnc(N(Cc2ccsc2)C2CC2)o1. The Kier molecular flexibility index (Phi) is 4.03. The van der Waals surface area contributed by atoms with Crippen molar-refractivity contribution in [1.82, 2.24) is 15.5 Å². The number of rotatable bonds is 7. The second kappa shape index (κ2) is 5.93. The Morgan fingerprint density at radius 1 is 1.45 bits per heavy atom. The van der Waals surface area contributed by atoms with Crippen molar-refractivity contribution in [2.24, 2.45) is 0 Å². The summed E-state index contributed by atoms with van der Waals surface area (Å²) < 4.78 is 5.79. The number of hydrogen-bond acceptors (Lipinski definition) is 6. The van der Waals surface area contributed by atoms with Crippen molar-refractivity contribution in [3.8, 4) is 0 Å². The molecule has 0 aliphatic heterocycles. The van der Waals surface area contributed by atoms with E-state index in [0.717, 1.165) is 6.54 Å². The van der Waals surface area contributed by atoms with Crippen LogP contribution in [0.1, 0.15) is 38.1 Å². The summed E-state index contributed by atoms with van der Waals surface area (Å²) in [5, 5.41) is 15.9. The first-order valence-corrected chi connectivity index (χ1v) is 8.00.